The average molecular weight is 556 g/mol. The van der Waals surface area contributed by atoms with Gasteiger partial charge in [0.2, 0.25) is 0 Å². The monoisotopic (exact) mass is 556 g/mol. The van der Waals surface area contributed by atoms with Crippen LogP contribution < -0.4 is 21.2 Å². The van der Waals surface area contributed by atoms with Crippen molar-refractivity contribution in [2.24, 2.45) is 5.92 Å². The van der Waals surface area contributed by atoms with Crippen LogP contribution in [0.1, 0.15) is 12.8 Å². The van der Waals surface area contributed by atoms with E-state index in [1.165, 1.54) is 21.2 Å². The summed E-state index contributed by atoms with van der Waals surface area (Å²) in [4.78, 5) is 0. The molecule has 0 radical (unpaired) electrons. The Labute approximate surface area is 233 Å². The number of aliphatic hydroxyl groups excluding tert-OH is 1. The number of hydrogen-bond acceptors (Lipinski definition) is 2. The fourth-order valence-electron chi connectivity index (χ4n) is 6.18. The smallest absolute Gasteiger partial charge is 0.143 e. The fourth-order valence-corrected chi connectivity index (χ4v) is 13.9. The van der Waals surface area contributed by atoms with Crippen molar-refractivity contribution in [3.8, 4) is 0 Å². The lowest BCUT2D eigenvalue weighted by Gasteiger charge is -2.45. The van der Waals surface area contributed by atoms with Crippen LogP contribution >= 0.6 is 25.1 Å². The first-order chi connectivity index (χ1) is 18.5. The molecule has 0 aliphatic heterocycles. The van der Waals surface area contributed by atoms with Gasteiger partial charge in [0.15, 0.2) is 0 Å². The summed E-state index contributed by atoms with van der Waals surface area (Å²) in [5.41, 5.74) is -0.502. The SMILES string of the molecule is B[C@@]1(O)C[C@@H](Pc2ccccc2)[C@@](CP(c2ccccc2)c2ccccc2)(Pc2ccccc2)[C@@H]1CCO. The zero-order chi connectivity index (χ0) is 26.4. The molecule has 6 heteroatoms. The molecule has 6 atom stereocenters. The second kappa shape index (κ2) is 12.6. The van der Waals surface area contributed by atoms with Gasteiger partial charge in [-0.3, -0.25) is 0 Å². The number of rotatable bonds is 10. The van der Waals surface area contributed by atoms with Crippen molar-refractivity contribution in [1.82, 2.24) is 0 Å². The largest absolute Gasteiger partial charge is 0.399 e. The standard InChI is InChI=1S/C32H36BO2P3/c33-32(35)23-30(36-25-13-5-1-6-14-25)31(29(32)21-22-34,37-26-15-7-2-8-16-26)24-38(27-17-9-3-10-18-27)28-19-11-4-12-20-28/h1-20,29-30,34-37H,21-24,33H2/t29-,30+,31-,32+/m0/s1. The first-order valence-corrected chi connectivity index (χ1v) is 17.0. The third-order valence-corrected chi connectivity index (χ3v) is 14.8. The summed E-state index contributed by atoms with van der Waals surface area (Å²) in [5, 5.41) is 27.6. The van der Waals surface area contributed by atoms with Gasteiger partial charge in [-0.1, -0.05) is 138 Å². The Morgan fingerprint density at radius 1 is 0.737 bits per heavy atom. The van der Waals surface area contributed by atoms with Gasteiger partial charge in [0.25, 0.3) is 0 Å². The zero-order valence-corrected chi connectivity index (χ0v) is 24.8. The highest BCUT2D eigenvalue weighted by Crippen LogP contribution is 2.62. The van der Waals surface area contributed by atoms with E-state index in [-0.39, 0.29) is 17.7 Å². The summed E-state index contributed by atoms with van der Waals surface area (Å²) in [6.07, 6.45) is 2.38. The molecule has 38 heavy (non-hydrogen) atoms. The van der Waals surface area contributed by atoms with Gasteiger partial charge in [-0.2, -0.15) is 0 Å². The molecule has 5 rings (SSSR count). The first-order valence-electron chi connectivity index (χ1n) is 13.4. The molecule has 2 unspecified atom stereocenters. The minimum absolute atomic E-state index is 0.0113. The van der Waals surface area contributed by atoms with Crippen molar-refractivity contribution in [2.45, 2.75) is 29.2 Å². The molecule has 1 aliphatic carbocycles. The van der Waals surface area contributed by atoms with E-state index < -0.39 is 13.4 Å². The van der Waals surface area contributed by atoms with Crippen LogP contribution in [0.4, 0.5) is 0 Å². The molecule has 194 valence electrons. The Morgan fingerprint density at radius 2 is 1.21 bits per heavy atom. The summed E-state index contributed by atoms with van der Waals surface area (Å²) in [5.74, 6) is 0.0113. The van der Waals surface area contributed by atoms with E-state index in [4.69, 9.17) is 0 Å². The van der Waals surface area contributed by atoms with Crippen molar-refractivity contribution in [3.05, 3.63) is 121 Å². The number of aliphatic hydroxyl groups is 2. The van der Waals surface area contributed by atoms with E-state index in [1.54, 1.807) is 0 Å². The van der Waals surface area contributed by atoms with E-state index in [0.717, 1.165) is 12.6 Å². The Hall–Kier alpha value is -1.85. The third-order valence-electron chi connectivity index (χ3n) is 7.85. The predicted octanol–water partition coefficient (Wildman–Crippen LogP) is 3.96. The summed E-state index contributed by atoms with van der Waals surface area (Å²) in [7, 11) is 2.52. The maximum atomic E-state index is 12.0. The lowest BCUT2D eigenvalue weighted by molar-refractivity contribution is 0.0653. The highest BCUT2D eigenvalue weighted by molar-refractivity contribution is 7.73. The molecule has 0 spiro atoms. The molecule has 1 aliphatic rings. The maximum absolute atomic E-state index is 12.0. The molecule has 1 saturated carbocycles. The molecule has 2 N–H and O–H groups in total. The van der Waals surface area contributed by atoms with Gasteiger partial charge >= 0.3 is 0 Å². The number of hydrogen-bond donors (Lipinski definition) is 2. The first kappa shape index (κ1) is 27.7. The highest BCUT2D eigenvalue weighted by atomic mass is 31.1. The van der Waals surface area contributed by atoms with Gasteiger partial charge in [0.1, 0.15) is 7.85 Å². The summed E-state index contributed by atoms with van der Waals surface area (Å²) < 4.78 is 0. The van der Waals surface area contributed by atoms with Crippen LogP contribution in [0.15, 0.2) is 121 Å². The van der Waals surface area contributed by atoms with Gasteiger partial charge < -0.3 is 10.2 Å². The molecule has 0 amide bonds. The summed E-state index contributed by atoms with van der Waals surface area (Å²) >= 11 is 0. The van der Waals surface area contributed by atoms with Crippen LogP contribution in [0.2, 0.25) is 0 Å². The quantitative estimate of drug-likeness (QED) is 0.230. The van der Waals surface area contributed by atoms with Crippen LogP contribution in [0.3, 0.4) is 0 Å². The van der Waals surface area contributed by atoms with Crippen LogP contribution in [-0.4, -0.2) is 47.1 Å². The molecule has 0 heterocycles. The van der Waals surface area contributed by atoms with Crippen molar-refractivity contribution < 1.29 is 10.2 Å². The second-order valence-corrected chi connectivity index (χ2v) is 16.0. The molecular weight excluding hydrogens is 520 g/mol. The van der Waals surface area contributed by atoms with Gasteiger partial charge in [-0.15, -0.1) is 0 Å². The van der Waals surface area contributed by atoms with Crippen LogP contribution in [0.25, 0.3) is 0 Å². The summed E-state index contributed by atoms with van der Waals surface area (Å²) in [6.45, 7) is 0.0948. The van der Waals surface area contributed by atoms with Crippen molar-refractivity contribution in [1.29, 1.82) is 0 Å². The Kier molecular flexibility index (Phi) is 9.16. The van der Waals surface area contributed by atoms with Crippen LogP contribution in [0, 0.1) is 5.92 Å². The minimum Gasteiger partial charge on any atom is -0.399 e. The van der Waals surface area contributed by atoms with E-state index in [2.05, 4.69) is 121 Å². The fraction of sp³-hybridized carbons (Fsp3) is 0.250. The third kappa shape index (κ3) is 6.15. The summed E-state index contributed by atoms with van der Waals surface area (Å²) in [6, 6.07) is 43.6. The average Bonchev–Trinajstić information content (AvgIpc) is 3.15. The zero-order valence-electron chi connectivity index (χ0n) is 21.9. The molecular formula is C32H36BO2P3. The second-order valence-electron chi connectivity index (χ2n) is 10.5. The van der Waals surface area contributed by atoms with E-state index in [0.29, 0.717) is 29.2 Å². The topological polar surface area (TPSA) is 40.5 Å². The van der Waals surface area contributed by atoms with E-state index in [1.807, 2.05) is 7.85 Å². The molecule has 2 nitrogen and oxygen atoms in total. The number of benzene rings is 4. The maximum Gasteiger partial charge on any atom is 0.143 e. The Bertz CT molecular complexity index is 1240. The van der Waals surface area contributed by atoms with Gasteiger partial charge in [0, 0.05) is 17.3 Å². The van der Waals surface area contributed by atoms with Gasteiger partial charge in [-0.05, 0) is 59.7 Å². The van der Waals surface area contributed by atoms with Crippen LogP contribution in [-0.2, 0) is 0 Å². The van der Waals surface area contributed by atoms with Crippen molar-refractivity contribution >= 4 is 54.1 Å². The minimum atomic E-state index is -0.828. The normalized spacial score (nSPS) is 25.7. The Balaban J connectivity index is 1.67. The van der Waals surface area contributed by atoms with E-state index >= 15 is 0 Å². The predicted molar refractivity (Wildman–Crippen MR) is 173 cm³/mol. The van der Waals surface area contributed by atoms with E-state index in [9.17, 15) is 10.2 Å². The highest BCUT2D eigenvalue weighted by Gasteiger charge is 2.59. The van der Waals surface area contributed by atoms with Crippen molar-refractivity contribution in [3.63, 3.8) is 0 Å². The Morgan fingerprint density at radius 3 is 1.71 bits per heavy atom. The van der Waals surface area contributed by atoms with Gasteiger partial charge in [-0.25, -0.2) is 0 Å². The lowest BCUT2D eigenvalue weighted by Crippen LogP contribution is -2.48. The molecule has 0 aromatic heterocycles. The molecule has 4 aromatic carbocycles. The van der Waals surface area contributed by atoms with Gasteiger partial charge in [0.05, 0.1) is 0 Å². The van der Waals surface area contributed by atoms with Crippen molar-refractivity contribution in [2.75, 3.05) is 12.8 Å². The molecule has 0 saturated heterocycles. The molecule has 4 aromatic rings. The molecule has 0 bridgehead atoms. The van der Waals surface area contributed by atoms with Crippen LogP contribution in [0.5, 0.6) is 0 Å². The molecule has 1 fully saturated rings. The lowest BCUT2D eigenvalue weighted by atomic mass is 9.70.